The standard InChI is InChI=1S/C18H20FNO2S/c19-15-7-5-14(6-8-15)11-18(21)20(12-16-3-1-9-22-16)13-17-4-2-10-23-17/h2,4-8,10,16H,1,3,9,11-13H2. The lowest BCUT2D eigenvalue weighted by Crippen LogP contribution is -2.37. The van der Waals surface area contributed by atoms with Crippen molar-refractivity contribution >= 4 is 17.2 Å². The van der Waals surface area contributed by atoms with E-state index < -0.39 is 0 Å². The number of halogens is 1. The van der Waals surface area contributed by atoms with E-state index in [1.165, 1.54) is 12.1 Å². The van der Waals surface area contributed by atoms with Crippen LogP contribution in [-0.4, -0.2) is 30.1 Å². The number of carbonyl (C=O) groups is 1. The fourth-order valence-electron chi connectivity index (χ4n) is 2.77. The average molecular weight is 333 g/mol. The minimum atomic E-state index is -0.281. The van der Waals surface area contributed by atoms with E-state index in [1.807, 2.05) is 22.4 Å². The van der Waals surface area contributed by atoms with Gasteiger partial charge in [-0.3, -0.25) is 4.79 Å². The fraction of sp³-hybridized carbons (Fsp3) is 0.389. The van der Waals surface area contributed by atoms with Gasteiger partial charge in [-0.1, -0.05) is 18.2 Å². The van der Waals surface area contributed by atoms with Crippen LogP contribution in [0.2, 0.25) is 0 Å². The van der Waals surface area contributed by atoms with Crippen molar-refractivity contribution in [1.82, 2.24) is 4.90 Å². The van der Waals surface area contributed by atoms with E-state index >= 15 is 0 Å². The maximum atomic E-state index is 13.0. The molecule has 2 heterocycles. The Kier molecular flexibility index (Phi) is 5.41. The maximum absolute atomic E-state index is 13.0. The third kappa shape index (κ3) is 4.62. The zero-order valence-electron chi connectivity index (χ0n) is 12.9. The summed E-state index contributed by atoms with van der Waals surface area (Å²) in [5.74, 6) is -0.225. The number of rotatable bonds is 6. The lowest BCUT2D eigenvalue weighted by Gasteiger charge is -2.25. The highest BCUT2D eigenvalue weighted by Crippen LogP contribution is 2.18. The second kappa shape index (κ2) is 7.70. The van der Waals surface area contributed by atoms with Crippen molar-refractivity contribution in [2.45, 2.75) is 31.9 Å². The Bertz CT molecular complexity index is 621. The van der Waals surface area contributed by atoms with Crippen LogP contribution in [0.5, 0.6) is 0 Å². The summed E-state index contributed by atoms with van der Waals surface area (Å²) in [6.07, 6.45) is 2.49. The number of amides is 1. The zero-order chi connectivity index (χ0) is 16.1. The van der Waals surface area contributed by atoms with Crippen molar-refractivity contribution in [1.29, 1.82) is 0 Å². The molecule has 1 aromatic carbocycles. The SMILES string of the molecule is O=C(Cc1ccc(F)cc1)N(Cc1cccs1)CC1CCCO1. The zero-order valence-corrected chi connectivity index (χ0v) is 13.7. The molecule has 0 radical (unpaired) electrons. The molecule has 1 unspecified atom stereocenters. The van der Waals surface area contributed by atoms with E-state index in [4.69, 9.17) is 4.74 Å². The highest BCUT2D eigenvalue weighted by molar-refractivity contribution is 7.09. The maximum Gasteiger partial charge on any atom is 0.227 e. The first kappa shape index (κ1) is 16.1. The third-order valence-corrected chi connectivity index (χ3v) is 4.86. The van der Waals surface area contributed by atoms with Gasteiger partial charge in [0.25, 0.3) is 0 Å². The van der Waals surface area contributed by atoms with Crippen LogP contribution < -0.4 is 0 Å². The molecule has 2 aromatic rings. The Morgan fingerprint density at radius 1 is 1.30 bits per heavy atom. The number of nitrogens with zero attached hydrogens (tertiary/aromatic N) is 1. The lowest BCUT2D eigenvalue weighted by atomic mass is 10.1. The van der Waals surface area contributed by atoms with E-state index in [1.54, 1.807) is 23.5 Å². The number of hydrogen-bond acceptors (Lipinski definition) is 3. The summed E-state index contributed by atoms with van der Waals surface area (Å²) >= 11 is 1.65. The van der Waals surface area contributed by atoms with Gasteiger partial charge in [-0.25, -0.2) is 4.39 Å². The summed E-state index contributed by atoms with van der Waals surface area (Å²) in [4.78, 5) is 15.7. The van der Waals surface area contributed by atoms with Crippen LogP contribution in [-0.2, 0) is 22.5 Å². The molecule has 122 valence electrons. The normalized spacial score (nSPS) is 17.3. The number of benzene rings is 1. The van der Waals surface area contributed by atoms with Crippen LogP contribution in [0.1, 0.15) is 23.3 Å². The molecule has 1 aliphatic heterocycles. The summed E-state index contributed by atoms with van der Waals surface area (Å²) in [7, 11) is 0. The number of carbonyl (C=O) groups excluding carboxylic acids is 1. The van der Waals surface area contributed by atoms with Gasteiger partial charge in [0.05, 0.1) is 19.1 Å². The van der Waals surface area contributed by atoms with Crippen molar-refractivity contribution in [3.05, 3.63) is 58.0 Å². The van der Waals surface area contributed by atoms with Crippen molar-refractivity contribution in [2.24, 2.45) is 0 Å². The molecule has 1 atom stereocenters. The summed E-state index contributed by atoms with van der Waals surface area (Å²) in [5, 5.41) is 2.02. The molecule has 1 aliphatic rings. The molecule has 1 aromatic heterocycles. The topological polar surface area (TPSA) is 29.5 Å². The van der Waals surface area contributed by atoms with E-state index in [0.717, 1.165) is 29.9 Å². The lowest BCUT2D eigenvalue weighted by molar-refractivity contribution is -0.132. The molecule has 0 bridgehead atoms. The van der Waals surface area contributed by atoms with Crippen LogP contribution >= 0.6 is 11.3 Å². The molecule has 1 fully saturated rings. The van der Waals surface area contributed by atoms with E-state index in [2.05, 4.69) is 0 Å². The van der Waals surface area contributed by atoms with Gasteiger partial charge in [0.15, 0.2) is 0 Å². The molecule has 5 heteroatoms. The molecule has 0 saturated carbocycles. The summed E-state index contributed by atoms with van der Waals surface area (Å²) < 4.78 is 18.7. The van der Waals surface area contributed by atoms with Crippen molar-refractivity contribution in [3.63, 3.8) is 0 Å². The minimum Gasteiger partial charge on any atom is -0.376 e. The van der Waals surface area contributed by atoms with E-state index in [0.29, 0.717) is 19.5 Å². The van der Waals surface area contributed by atoms with Crippen LogP contribution in [0, 0.1) is 5.82 Å². The van der Waals surface area contributed by atoms with Gasteiger partial charge in [-0.2, -0.15) is 0 Å². The molecule has 1 saturated heterocycles. The number of hydrogen-bond donors (Lipinski definition) is 0. The number of ether oxygens (including phenoxy) is 1. The molecule has 23 heavy (non-hydrogen) atoms. The second-order valence-corrected chi connectivity index (χ2v) is 6.82. The largest absolute Gasteiger partial charge is 0.376 e. The first-order valence-electron chi connectivity index (χ1n) is 7.87. The molecular weight excluding hydrogens is 313 g/mol. The second-order valence-electron chi connectivity index (χ2n) is 5.79. The fourth-order valence-corrected chi connectivity index (χ4v) is 3.49. The van der Waals surface area contributed by atoms with Gasteiger partial charge in [-0.05, 0) is 42.0 Å². The summed E-state index contributed by atoms with van der Waals surface area (Å²) in [6, 6.07) is 10.2. The molecule has 3 rings (SSSR count). The van der Waals surface area contributed by atoms with E-state index in [-0.39, 0.29) is 17.8 Å². The quantitative estimate of drug-likeness (QED) is 0.808. The van der Waals surface area contributed by atoms with Gasteiger partial charge >= 0.3 is 0 Å². The van der Waals surface area contributed by atoms with Gasteiger partial charge < -0.3 is 9.64 Å². The van der Waals surface area contributed by atoms with Gasteiger partial charge in [0.2, 0.25) is 5.91 Å². The Morgan fingerprint density at radius 3 is 2.78 bits per heavy atom. The molecule has 0 N–H and O–H groups in total. The molecule has 0 spiro atoms. The van der Waals surface area contributed by atoms with Crippen molar-refractivity contribution in [2.75, 3.05) is 13.2 Å². The first-order valence-corrected chi connectivity index (χ1v) is 8.75. The summed E-state index contributed by atoms with van der Waals surface area (Å²) in [5.41, 5.74) is 0.833. The third-order valence-electron chi connectivity index (χ3n) is 4.00. The highest BCUT2D eigenvalue weighted by atomic mass is 32.1. The Hall–Kier alpha value is -1.72. The van der Waals surface area contributed by atoms with E-state index in [9.17, 15) is 9.18 Å². The Balaban J connectivity index is 1.67. The number of thiophene rings is 1. The van der Waals surface area contributed by atoms with Crippen molar-refractivity contribution in [3.8, 4) is 0 Å². The Morgan fingerprint density at radius 2 is 2.13 bits per heavy atom. The summed E-state index contributed by atoms with van der Waals surface area (Å²) in [6.45, 7) is 2.01. The average Bonchev–Trinajstić information content (AvgIpc) is 3.22. The van der Waals surface area contributed by atoms with Crippen molar-refractivity contribution < 1.29 is 13.9 Å². The predicted molar refractivity (Wildman–Crippen MR) is 88.8 cm³/mol. The van der Waals surface area contributed by atoms with Crippen LogP contribution in [0.4, 0.5) is 4.39 Å². The minimum absolute atomic E-state index is 0.0560. The van der Waals surface area contributed by atoms with Gasteiger partial charge in [0.1, 0.15) is 5.82 Å². The highest BCUT2D eigenvalue weighted by Gasteiger charge is 2.23. The monoisotopic (exact) mass is 333 g/mol. The van der Waals surface area contributed by atoms with Gasteiger partial charge in [-0.15, -0.1) is 11.3 Å². The molecule has 1 amide bonds. The molecule has 0 aliphatic carbocycles. The first-order chi connectivity index (χ1) is 11.2. The van der Waals surface area contributed by atoms with Gasteiger partial charge in [0, 0.05) is 18.0 Å². The molecular formula is C18H20FNO2S. The predicted octanol–water partition coefficient (Wildman–Crippen LogP) is 3.64. The van der Waals surface area contributed by atoms with Crippen LogP contribution in [0.15, 0.2) is 41.8 Å². The Labute approximate surface area is 139 Å². The van der Waals surface area contributed by atoms with Crippen LogP contribution in [0.3, 0.4) is 0 Å². The molecule has 3 nitrogen and oxygen atoms in total. The van der Waals surface area contributed by atoms with Crippen LogP contribution in [0.25, 0.3) is 0 Å². The smallest absolute Gasteiger partial charge is 0.227 e.